The molecule has 118 valence electrons. The van der Waals surface area contributed by atoms with Gasteiger partial charge in [-0.2, -0.15) is 5.26 Å². The minimum atomic E-state index is -0.419. The van der Waals surface area contributed by atoms with Crippen LogP contribution in [0.15, 0.2) is 78.8 Å². The van der Waals surface area contributed by atoms with Gasteiger partial charge in [0.25, 0.3) is 0 Å². The first-order valence-electron chi connectivity index (χ1n) is 7.51. The first-order chi connectivity index (χ1) is 11.8. The van der Waals surface area contributed by atoms with Crippen molar-refractivity contribution in [3.8, 4) is 6.07 Å². The molecule has 0 saturated carbocycles. The lowest BCUT2D eigenvalue weighted by atomic mass is 9.90. The summed E-state index contributed by atoms with van der Waals surface area (Å²) in [5.41, 5.74) is 2.83. The molecule has 2 aromatic carbocycles. The molecular weight excluding hydrogens is 302 g/mol. The average molecular weight is 317 g/mol. The van der Waals surface area contributed by atoms with Crippen molar-refractivity contribution in [3.63, 3.8) is 0 Å². The number of esters is 1. The van der Waals surface area contributed by atoms with Crippen molar-refractivity contribution < 1.29 is 14.3 Å². The van der Waals surface area contributed by atoms with Crippen molar-refractivity contribution in [2.45, 2.75) is 12.5 Å². The van der Waals surface area contributed by atoms with Gasteiger partial charge in [0.1, 0.15) is 12.9 Å². The van der Waals surface area contributed by atoms with Gasteiger partial charge in [-0.05, 0) is 29.3 Å². The molecule has 0 bridgehead atoms. The Morgan fingerprint density at radius 1 is 1.12 bits per heavy atom. The second-order valence-electron chi connectivity index (χ2n) is 5.31. The lowest BCUT2D eigenvalue weighted by Crippen LogP contribution is -2.16. The van der Waals surface area contributed by atoms with Gasteiger partial charge < -0.3 is 9.47 Å². The van der Waals surface area contributed by atoms with E-state index in [1.165, 1.54) is 12.5 Å². The molecule has 0 saturated heterocycles. The number of nitrogens with zero attached hydrogens (tertiary/aromatic N) is 1. The molecule has 2 aromatic rings. The first-order valence-corrected chi connectivity index (χ1v) is 7.51. The molecule has 0 aliphatic carbocycles. The summed E-state index contributed by atoms with van der Waals surface area (Å²) >= 11 is 0. The number of rotatable bonds is 4. The van der Waals surface area contributed by atoms with Crippen molar-refractivity contribution in [2.75, 3.05) is 0 Å². The third-order valence-electron chi connectivity index (χ3n) is 3.73. The molecule has 0 aromatic heterocycles. The van der Waals surface area contributed by atoms with E-state index in [0.717, 1.165) is 11.1 Å². The van der Waals surface area contributed by atoms with Crippen LogP contribution in [0.2, 0.25) is 0 Å². The van der Waals surface area contributed by atoms with E-state index in [-0.39, 0.29) is 12.5 Å². The lowest BCUT2D eigenvalue weighted by molar-refractivity contribution is -0.140. The third-order valence-corrected chi connectivity index (χ3v) is 3.73. The van der Waals surface area contributed by atoms with Crippen LogP contribution >= 0.6 is 0 Å². The Kier molecular flexibility index (Phi) is 4.73. The molecule has 1 atom stereocenters. The zero-order valence-electron chi connectivity index (χ0n) is 12.9. The summed E-state index contributed by atoms with van der Waals surface area (Å²) in [6.07, 6.45) is 4.74. The Labute approximate surface area is 140 Å². The molecule has 1 aliphatic rings. The molecule has 24 heavy (non-hydrogen) atoms. The molecule has 0 amide bonds. The van der Waals surface area contributed by atoms with Gasteiger partial charge >= 0.3 is 5.97 Å². The zero-order valence-corrected chi connectivity index (χ0v) is 12.9. The van der Waals surface area contributed by atoms with Gasteiger partial charge in [0.05, 0.1) is 23.5 Å². The molecule has 1 aliphatic heterocycles. The van der Waals surface area contributed by atoms with E-state index in [4.69, 9.17) is 14.7 Å². The molecule has 1 heterocycles. The van der Waals surface area contributed by atoms with E-state index >= 15 is 0 Å². The summed E-state index contributed by atoms with van der Waals surface area (Å²) in [6, 6.07) is 18.7. The SMILES string of the molecule is N#Cc1ccc(C2C=COC=C2C(=O)OCc2ccccc2)cc1. The van der Waals surface area contributed by atoms with Crippen LogP contribution in [0.1, 0.15) is 22.6 Å². The van der Waals surface area contributed by atoms with Gasteiger partial charge in [-0.1, -0.05) is 42.5 Å². The zero-order chi connectivity index (χ0) is 16.8. The van der Waals surface area contributed by atoms with Crippen LogP contribution in [0, 0.1) is 11.3 Å². The van der Waals surface area contributed by atoms with E-state index in [2.05, 4.69) is 6.07 Å². The number of allylic oxidation sites excluding steroid dienone is 1. The summed E-state index contributed by atoms with van der Waals surface area (Å²) in [5.74, 6) is -0.674. The predicted molar refractivity (Wildman–Crippen MR) is 88.4 cm³/mol. The largest absolute Gasteiger partial charge is 0.472 e. The van der Waals surface area contributed by atoms with Crippen LogP contribution in [0.25, 0.3) is 0 Å². The Morgan fingerprint density at radius 3 is 2.58 bits per heavy atom. The second-order valence-corrected chi connectivity index (χ2v) is 5.31. The molecule has 1 unspecified atom stereocenters. The maximum Gasteiger partial charge on any atom is 0.338 e. The molecule has 3 rings (SSSR count). The normalized spacial score (nSPS) is 15.8. The quantitative estimate of drug-likeness (QED) is 0.805. The standard InChI is InChI=1S/C20H15NO3/c21-12-15-6-8-17(9-7-15)18-10-11-23-14-19(18)20(22)24-13-16-4-2-1-3-5-16/h1-11,14,18H,13H2. The van der Waals surface area contributed by atoms with Crippen LogP contribution in [-0.4, -0.2) is 5.97 Å². The van der Waals surface area contributed by atoms with E-state index < -0.39 is 5.97 Å². The summed E-state index contributed by atoms with van der Waals surface area (Å²) in [7, 11) is 0. The van der Waals surface area contributed by atoms with E-state index in [1.54, 1.807) is 18.2 Å². The Morgan fingerprint density at radius 2 is 1.88 bits per heavy atom. The molecule has 0 fully saturated rings. The maximum absolute atomic E-state index is 12.4. The van der Waals surface area contributed by atoms with Crippen LogP contribution in [0.5, 0.6) is 0 Å². The van der Waals surface area contributed by atoms with Gasteiger partial charge in [0.15, 0.2) is 0 Å². The highest BCUT2D eigenvalue weighted by Gasteiger charge is 2.25. The first kappa shape index (κ1) is 15.6. The molecule has 0 spiro atoms. The highest BCUT2D eigenvalue weighted by Crippen LogP contribution is 2.30. The monoisotopic (exact) mass is 317 g/mol. The smallest absolute Gasteiger partial charge is 0.338 e. The predicted octanol–water partition coefficient (Wildman–Crippen LogP) is 3.81. The van der Waals surface area contributed by atoms with Crippen molar-refractivity contribution in [1.82, 2.24) is 0 Å². The van der Waals surface area contributed by atoms with Crippen LogP contribution < -0.4 is 0 Å². The number of ether oxygens (including phenoxy) is 2. The molecule has 0 radical (unpaired) electrons. The van der Waals surface area contributed by atoms with Crippen molar-refractivity contribution in [2.24, 2.45) is 0 Å². The van der Waals surface area contributed by atoms with Gasteiger partial charge in [-0.25, -0.2) is 4.79 Å². The van der Waals surface area contributed by atoms with Crippen LogP contribution in [0.4, 0.5) is 0 Å². The molecule has 4 nitrogen and oxygen atoms in total. The van der Waals surface area contributed by atoms with Crippen molar-refractivity contribution in [3.05, 3.63) is 95.5 Å². The summed E-state index contributed by atoms with van der Waals surface area (Å²) in [5, 5.41) is 8.89. The van der Waals surface area contributed by atoms with Gasteiger partial charge in [0, 0.05) is 5.92 Å². The van der Waals surface area contributed by atoms with Crippen molar-refractivity contribution >= 4 is 5.97 Å². The average Bonchev–Trinajstić information content (AvgIpc) is 2.67. The third kappa shape index (κ3) is 3.53. The number of carbonyl (C=O) groups is 1. The van der Waals surface area contributed by atoms with Gasteiger partial charge in [-0.15, -0.1) is 0 Å². The van der Waals surface area contributed by atoms with Gasteiger partial charge in [0.2, 0.25) is 0 Å². The lowest BCUT2D eigenvalue weighted by Gasteiger charge is -2.19. The Hall–Kier alpha value is -3.32. The molecule has 4 heteroatoms. The molecular formula is C20H15NO3. The fourth-order valence-corrected chi connectivity index (χ4v) is 2.45. The highest BCUT2D eigenvalue weighted by atomic mass is 16.5. The summed E-state index contributed by atoms with van der Waals surface area (Å²) in [4.78, 5) is 12.4. The van der Waals surface area contributed by atoms with Crippen molar-refractivity contribution in [1.29, 1.82) is 5.26 Å². The minimum absolute atomic E-state index is 0.209. The minimum Gasteiger partial charge on any atom is -0.472 e. The number of hydrogen-bond donors (Lipinski definition) is 0. The fourth-order valence-electron chi connectivity index (χ4n) is 2.45. The number of nitriles is 1. The second kappa shape index (κ2) is 7.30. The van der Waals surface area contributed by atoms with Crippen LogP contribution in [-0.2, 0) is 20.9 Å². The van der Waals surface area contributed by atoms with Gasteiger partial charge in [-0.3, -0.25) is 0 Å². The fraction of sp³-hybridized carbons (Fsp3) is 0.100. The summed E-state index contributed by atoms with van der Waals surface area (Å²) < 4.78 is 10.5. The maximum atomic E-state index is 12.4. The molecule has 0 N–H and O–H groups in total. The Balaban J connectivity index is 1.73. The Bertz CT molecular complexity index is 814. The number of carbonyl (C=O) groups excluding carboxylic acids is 1. The van der Waals surface area contributed by atoms with E-state index in [9.17, 15) is 4.79 Å². The topological polar surface area (TPSA) is 59.3 Å². The van der Waals surface area contributed by atoms with Crippen LogP contribution in [0.3, 0.4) is 0 Å². The van der Waals surface area contributed by atoms with E-state index in [0.29, 0.717) is 11.1 Å². The number of benzene rings is 2. The van der Waals surface area contributed by atoms with E-state index in [1.807, 2.05) is 42.5 Å². The summed E-state index contributed by atoms with van der Waals surface area (Å²) in [6.45, 7) is 0.209. The number of hydrogen-bond acceptors (Lipinski definition) is 4. The highest BCUT2D eigenvalue weighted by molar-refractivity contribution is 5.90.